The number of thioether (sulfide) groups is 1. The van der Waals surface area contributed by atoms with Gasteiger partial charge in [0, 0.05) is 17.3 Å². The van der Waals surface area contributed by atoms with Crippen LogP contribution < -0.4 is 14.8 Å². The molecule has 0 saturated heterocycles. The lowest BCUT2D eigenvalue weighted by Crippen LogP contribution is -2.14. The molecule has 0 fully saturated rings. The Hall–Kier alpha value is -3.49. The zero-order valence-electron chi connectivity index (χ0n) is 17.4. The second-order valence-corrected chi connectivity index (χ2v) is 8.61. The average molecular weight is 479 g/mol. The van der Waals surface area contributed by atoms with Crippen LogP contribution in [0, 0.1) is 0 Å². The van der Waals surface area contributed by atoms with Gasteiger partial charge in [-0.15, -0.1) is 10.2 Å². The highest BCUT2D eigenvalue weighted by atomic mass is 35.5. The van der Waals surface area contributed by atoms with Gasteiger partial charge in [0.25, 0.3) is 0 Å². The van der Waals surface area contributed by atoms with Gasteiger partial charge < -0.3 is 14.8 Å². The van der Waals surface area contributed by atoms with E-state index in [9.17, 15) is 4.79 Å². The molecule has 0 bridgehead atoms. The zero-order chi connectivity index (χ0) is 22.6. The van der Waals surface area contributed by atoms with Crippen LogP contribution in [0.25, 0.3) is 11.4 Å². The molecule has 1 aliphatic rings. The van der Waals surface area contributed by atoms with Crippen LogP contribution in [-0.4, -0.2) is 33.2 Å². The summed E-state index contributed by atoms with van der Waals surface area (Å²) < 4.78 is 12.7. The highest BCUT2D eigenvalue weighted by molar-refractivity contribution is 7.99. The Morgan fingerprint density at radius 2 is 1.79 bits per heavy atom. The predicted octanol–water partition coefficient (Wildman–Crippen LogP) is 5.11. The maximum atomic E-state index is 12.6. The smallest absolute Gasteiger partial charge is 0.234 e. The molecular formula is C24H19ClN4O3S. The molecule has 5 rings (SSSR count). The summed E-state index contributed by atoms with van der Waals surface area (Å²) in [6.45, 7) is 0.744. The van der Waals surface area contributed by atoms with Crippen LogP contribution in [0.1, 0.15) is 5.56 Å². The third-order valence-electron chi connectivity index (χ3n) is 5.00. The molecular weight excluding hydrogens is 460 g/mol. The van der Waals surface area contributed by atoms with E-state index in [0.717, 1.165) is 11.1 Å². The number of carbonyl (C=O) groups is 1. The number of nitrogens with zero attached hydrogens (tertiary/aromatic N) is 3. The van der Waals surface area contributed by atoms with Gasteiger partial charge in [-0.25, -0.2) is 0 Å². The van der Waals surface area contributed by atoms with Gasteiger partial charge in [0.2, 0.25) is 12.7 Å². The second kappa shape index (κ2) is 9.56. The van der Waals surface area contributed by atoms with Crippen molar-refractivity contribution < 1.29 is 14.3 Å². The summed E-state index contributed by atoms with van der Waals surface area (Å²) in [5.74, 6) is 1.95. The molecule has 4 aromatic rings. The lowest BCUT2D eigenvalue weighted by atomic mass is 10.2. The fourth-order valence-electron chi connectivity index (χ4n) is 3.45. The van der Waals surface area contributed by atoms with Crippen molar-refractivity contribution in [1.29, 1.82) is 0 Å². The molecule has 0 aliphatic carbocycles. The third kappa shape index (κ3) is 4.81. The number of nitrogens with one attached hydrogen (secondary N) is 1. The van der Waals surface area contributed by atoms with Crippen LogP contribution in [0.4, 0.5) is 5.69 Å². The van der Waals surface area contributed by atoms with Gasteiger partial charge in [0.15, 0.2) is 22.5 Å². The Labute approximate surface area is 199 Å². The van der Waals surface area contributed by atoms with Gasteiger partial charge in [-0.3, -0.25) is 9.36 Å². The summed E-state index contributed by atoms with van der Waals surface area (Å²) in [7, 11) is 0. The molecule has 7 nitrogen and oxygen atoms in total. The third-order valence-corrected chi connectivity index (χ3v) is 6.30. The average Bonchev–Trinajstić information content (AvgIpc) is 3.45. The van der Waals surface area contributed by atoms with E-state index >= 15 is 0 Å². The largest absolute Gasteiger partial charge is 0.454 e. The number of aromatic nitrogens is 3. The summed E-state index contributed by atoms with van der Waals surface area (Å²) in [6, 6.07) is 22.8. The fraction of sp³-hybridized carbons (Fsp3) is 0.125. The molecule has 1 aromatic heterocycles. The lowest BCUT2D eigenvalue weighted by Gasteiger charge is -2.11. The summed E-state index contributed by atoms with van der Waals surface area (Å²) in [5, 5.41) is 12.9. The van der Waals surface area contributed by atoms with Gasteiger partial charge in [-0.2, -0.15) is 0 Å². The van der Waals surface area contributed by atoms with Crippen molar-refractivity contribution in [2.45, 2.75) is 11.7 Å². The topological polar surface area (TPSA) is 78.3 Å². The van der Waals surface area contributed by atoms with E-state index in [4.69, 9.17) is 21.1 Å². The Kier molecular flexibility index (Phi) is 6.19. The summed E-state index contributed by atoms with van der Waals surface area (Å²) >= 11 is 7.75. The Morgan fingerprint density at radius 3 is 2.64 bits per heavy atom. The van der Waals surface area contributed by atoms with Crippen LogP contribution >= 0.6 is 23.4 Å². The molecule has 1 N–H and O–H groups in total. The molecule has 3 aromatic carbocycles. The van der Waals surface area contributed by atoms with Crippen molar-refractivity contribution in [2.75, 3.05) is 17.9 Å². The van der Waals surface area contributed by atoms with E-state index in [-0.39, 0.29) is 18.5 Å². The van der Waals surface area contributed by atoms with Crippen LogP contribution in [0.15, 0.2) is 78.0 Å². The number of carbonyl (C=O) groups excluding carboxylic acids is 1. The van der Waals surface area contributed by atoms with E-state index in [1.165, 1.54) is 11.8 Å². The SMILES string of the molecule is O=C(CSc1nnc(-c2ccccc2Cl)n1Cc1ccccc1)Nc1ccc2c(c1)OCO2. The van der Waals surface area contributed by atoms with Gasteiger partial charge in [0.1, 0.15) is 0 Å². The highest BCUT2D eigenvalue weighted by Crippen LogP contribution is 2.34. The predicted molar refractivity (Wildman–Crippen MR) is 128 cm³/mol. The quantitative estimate of drug-likeness (QED) is 0.372. The first-order valence-corrected chi connectivity index (χ1v) is 11.6. The molecule has 0 radical (unpaired) electrons. The monoisotopic (exact) mass is 478 g/mol. The molecule has 166 valence electrons. The van der Waals surface area contributed by atoms with Crippen LogP contribution in [0.3, 0.4) is 0 Å². The molecule has 33 heavy (non-hydrogen) atoms. The number of ether oxygens (including phenoxy) is 2. The van der Waals surface area contributed by atoms with Gasteiger partial charge in [0.05, 0.1) is 17.3 Å². The molecule has 0 spiro atoms. The Bertz CT molecular complexity index is 1300. The molecule has 9 heteroatoms. The van der Waals surface area contributed by atoms with Gasteiger partial charge in [-0.1, -0.05) is 65.8 Å². The highest BCUT2D eigenvalue weighted by Gasteiger charge is 2.19. The van der Waals surface area contributed by atoms with Crippen molar-refractivity contribution in [3.05, 3.63) is 83.4 Å². The molecule has 0 atom stereocenters. The van der Waals surface area contributed by atoms with E-state index in [1.54, 1.807) is 18.2 Å². The fourth-order valence-corrected chi connectivity index (χ4v) is 4.41. The van der Waals surface area contributed by atoms with E-state index in [0.29, 0.717) is 39.7 Å². The minimum atomic E-state index is -0.160. The number of benzene rings is 3. The number of halogens is 1. The first-order valence-electron chi connectivity index (χ1n) is 10.2. The van der Waals surface area contributed by atoms with Crippen molar-refractivity contribution in [2.24, 2.45) is 0 Å². The molecule has 1 amide bonds. The van der Waals surface area contributed by atoms with Crippen LogP contribution in [0.5, 0.6) is 11.5 Å². The van der Waals surface area contributed by atoms with Crippen LogP contribution in [-0.2, 0) is 11.3 Å². The second-order valence-electron chi connectivity index (χ2n) is 7.26. The van der Waals surface area contributed by atoms with E-state index in [1.807, 2.05) is 59.2 Å². The normalized spacial score (nSPS) is 12.0. The van der Waals surface area contributed by atoms with Gasteiger partial charge >= 0.3 is 0 Å². The van der Waals surface area contributed by atoms with Crippen molar-refractivity contribution in [3.63, 3.8) is 0 Å². The number of hydrogen-bond donors (Lipinski definition) is 1. The summed E-state index contributed by atoms with van der Waals surface area (Å²) in [4.78, 5) is 12.6. The molecule has 0 unspecified atom stereocenters. The van der Waals surface area contributed by atoms with Crippen molar-refractivity contribution >= 4 is 35.0 Å². The van der Waals surface area contributed by atoms with Crippen molar-refractivity contribution in [1.82, 2.24) is 14.8 Å². The van der Waals surface area contributed by atoms with E-state index < -0.39 is 0 Å². The standard InChI is InChI=1S/C24H19ClN4O3S/c25-19-9-5-4-8-18(19)23-27-28-24(29(23)13-16-6-2-1-3-7-16)33-14-22(30)26-17-10-11-20-21(12-17)32-15-31-20/h1-12H,13-15H2,(H,26,30). The number of fused-ring (bicyclic) bond motifs is 1. The first-order chi connectivity index (χ1) is 16.2. The Morgan fingerprint density at radius 1 is 1.00 bits per heavy atom. The number of amides is 1. The number of hydrogen-bond acceptors (Lipinski definition) is 6. The van der Waals surface area contributed by atoms with Gasteiger partial charge in [-0.05, 0) is 29.8 Å². The maximum Gasteiger partial charge on any atom is 0.234 e. The minimum absolute atomic E-state index is 0.160. The zero-order valence-corrected chi connectivity index (χ0v) is 19.0. The van der Waals surface area contributed by atoms with E-state index in [2.05, 4.69) is 15.5 Å². The Balaban J connectivity index is 1.35. The van der Waals surface area contributed by atoms with Crippen LogP contribution in [0.2, 0.25) is 5.02 Å². The molecule has 0 saturated carbocycles. The van der Waals surface area contributed by atoms with Crippen molar-refractivity contribution in [3.8, 4) is 22.9 Å². The summed E-state index contributed by atoms with van der Waals surface area (Å²) in [5.41, 5.74) is 2.53. The number of rotatable bonds is 7. The maximum absolute atomic E-state index is 12.6. The minimum Gasteiger partial charge on any atom is -0.454 e. The molecule has 2 heterocycles. The summed E-state index contributed by atoms with van der Waals surface area (Å²) in [6.07, 6.45) is 0. The lowest BCUT2D eigenvalue weighted by molar-refractivity contribution is -0.113. The first kappa shape index (κ1) is 21.4. The molecule has 1 aliphatic heterocycles. The number of anilines is 1.